The molecule has 7 heteroatoms. The number of rotatable bonds is 2. The summed E-state index contributed by atoms with van der Waals surface area (Å²) in [6.07, 6.45) is 5.03. The van der Waals surface area contributed by atoms with Gasteiger partial charge in [-0.05, 0) is 50.6 Å². The summed E-state index contributed by atoms with van der Waals surface area (Å²) in [7, 11) is 0. The molecule has 0 aliphatic carbocycles. The zero-order valence-electron chi connectivity index (χ0n) is 13.0. The zero-order chi connectivity index (χ0) is 14.8. The van der Waals surface area contributed by atoms with Gasteiger partial charge in [0.25, 0.3) is 5.91 Å². The first-order valence-corrected chi connectivity index (χ1v) is 8.53. The molecule has 0 aromatic heterocycles. The number of nitrogen functional groups attached to an aromatic ring is 1. The highest BCUT2D eigenvalue weighted by Gasteiger charge is 2.31. The number of nitrogens with zero attached hydrogens (tertiary/aromatic N) is 2. The molecule has 1 aromatic rings. The Morgan fingerprint density at radius 2 is 1.83 bits per heavy atom. The quantitative estimate of drug-likeness (QED) is 0.738. The van der Waals surface area contributed by atoms with Crippen LogP contribution in [0.1, 0.15) is 36.0 Å². The van der Waals surface area contributed by atoms with E-state index in [9.17, 15) is 4.79 Å². The fourth-order valence-corrected chi connectivity index (χ4v) is 3.79. The molecule has 2 aliphatic rings. The minimum atomic E-state index is 0. The van der Waals surface area contributed by atoms with Crippen molar-refractivity contribution < 1.29 is 4.79 Å². The number of halogens is 3. The summed E-state index contributed by atoms with van der Waals surface area (Å²) in [6.45, 7) is 4.06. The van der Waals surface area contributed by atoms with Gasteiger partial charge in [-0.25, -0.2) is 0 Å². The maximum Gasteiger partial charge on any atom is 0.255 e. The number of piperidine rings is 1. The van der Waals surface area contributed by atoms with Crippen molar-refractivity contribution in [2.45, 2.75) is 31.7 Å². The fourth-order valence-electron chi connectivity index (χ4n) is 3.41. The molecule has 0 bridgehead atoms. The second kappa shape index (κ2) is 9.11. The second-order valence-corrected chi connectivity index (χ2v) is 6.94. The molecule has 130 valence electrons. The monoisotopic (exact) mass is 423 g/mol. The molecule has 1 atom stereocenters. The van der Waals surface area contributed by atoms with Crippen LogP contribution in [0.15, 0.2) is 22.7 Å². The lowest BCUT2D eigenvalue weighted by Crippen LogP contribution is -2.41. The minimum Gasteiger partial charge on any atom is -0.398 e. The van der Waals surface area contributed by atoms with Gasteiger partial charge in [0, 0.05) is 29.3 Å². The highest BCUT2D eigenvalue weighted by atomic mass is 79.9. The lowest BCUT2D eigenvalue weighted by molar-refractivity contribution is 0.0772. The van der Waals surface area contributed by atoms with Gasteiger partial charge in [0.15, 0.2) is 0 Å². The predicted octanol–water partition coefficient (Wildman–Crippen LogP) is 3.58. The molecular weight excluding hydrogens is 401 g/mol. The first-order valence-electron chi connectivity index (χ1n) is 7.73. The van der Waals surface area contributed by atoms with Gasteiger partial charge in [0.2, 0.25) is 0 Å². The van der Waals surface area contributed by atoms with Crippen LogP contribution in [0.5, 0.6) is 0 Å². The summed E-state index contributed by atoms with van der Waals surface area (Å²) in [4.78, 5) is 17.1. The standard InChI is InChI=1S/C16H22BrN3O.2ClH/c17-12-4-5-14(15(18)10-12)16(21)20-9-6-13(11-20)19-7-2-1-3-8-19;;/h4-5,10,13H,1-3,6-9,11,18H2;2*1H. The average Bonchev–Trinajstić information content (AvgIpc) is 2.97. The van der Waals surface area contributed by atoms with Crippen LogP contribution in [-0.2, 0) is 0 Å². The summed E-state index contributed by atoms with van der Waals surface area (Å²) in [5.41, 5.74) is 7.15. The van der Waals surface area contributed by atoms with Gasteiger partial charge in [0.05, 0.1) is 5.56 Å². The first kappa shape index (κ1) is 20.6. The Bertz CT molecular complexity index is 538. The van der Waals surface area contributed by atoms with Crippen LogP contribution >= 0.6 is 40.7 Å². The number of benzene rings is 1. The molecule has 0 spiro atoms. The summed E-state index contributed by atoms with van der Waals surface area (Å²) in [5, 5.41) is 0. The second-order valence-electron chi connectivity index (χ2n) is 6.02. The Balaban J connectivity index is 0.00000132. The molecule has 2 heterocycles. The van der Waals surface area contributed by atoms with E-state index in [-0.39, 0.29) is 30.7 Å². The largest absolute Gasteiger partial charge is 0.398 e. The van der Waals surface area contributed by atoms with Crippen LogP contribution in [-0.4, -0.2) is 47.9 Å². The van der Waals surface area contributed by atoms with Crippen molar-refractivity contribution in [3.05, 3.63) is 28.2 Å². The maximum atomic E-state index is 12.6. The summed E-state index contributed by atoms with van der Waals surface area (Å²) >= 11 is 3.38. The highest BCUT2D eigenvalue weighted by molar-refractivity contribution is 9.10. The summed E-state index contributed by atoms with van der Waals surface area (Å²) in [5.74, 6) is 0.0690. The van der Waals surface area contributed by atoms with Crippen molar-refractivity contribution in [2.24, 2.45) is 0 Å². The third-order valence-electron chi connectivity index (χ3n) is 4.60. The van der Waals surface area contributed by atoms with Gasteiger partial charge in [-0.2, -0.15) is 0 Å². The smallest absolute Gasteiger partial charge is 0.255 e. The molecule has 2 N–H and O–H groups in total. The van der Waals surface area contributed by atoms with E-state index in [1.807, 2.05) is 17.0 Å². The van der Waals surface area contributed by atoms with Gasteiger partial charge < -0.3 is 10.6 Å². The van der Waals surface area contributed by atoms with Gasteiger partial charge in [-0.3, -0.25) is 9.69 Å². The number of carbonyl (C=O) groups excluding carboxylic acids is 1. The molecule has 0 radical (unpaired) electrons. The third kappa shape index (κ3) is 4.75. The van der Waals surface area contributed by atoms with Crippen LogP contribution in [0.3, 0.4) is 0 Å². The topological polar surface area (TPSA) is 49.6 Å². The van der Waals surface area contributed by atoms with Gasteiger partial charge in [0.1, 0.15) is 0 Å². The zero-order valence-corrected chi connectivity index (χ0v) is 16.3. The maximum absolute atomic E-state index is 12.6. The molecular formula is C16H24BrCl2N3O. The predicted molar refractivity (Wildman–Crippen MR) is 103 cm³/mol. The van der Waals surface area contributed by atoms with Crippen LogP contribution in [0.25, 0.3) is 0 Å². The van der Waals surface area contributed by atoms with Crippen molar-refractivity contribution in [2.75, 3.05) is 31.9 Å². The first-order chi connectivity index (χ1) is 10.1. The SMILES string of the molecule is Cl.Cl.Nc1cc(Br)ccc1C(=O)N1CCC(N2CCCCC2)C1. The van der Waals surface area contributed by atoms with Crippen LogP contribution in [0.4, 0.5) is 5.69 Å². The van der Waals surface area contributed by atoms with Crippen LogP contribution in [0, 0.1) is 0 Å². The van der Waals surface area contributed by atoms with Crippen molar-refractivity contribution in [3.8, 4) is 0 Å². The number of hydrogen-bond acceptors (Lipinski definition) is 3. The van der Waals surface area contributed by atoms with Gasteiger partial charge >= 0.3 is 0 Å². The lowest BCUT2D eigenvalue weighted by atomic mass is 10.1. The molecule has 2 saturated heterocycles. The van der Waals surface area contributed by atoms with E-state index in [1.165, 1.54) is 32.4 Å². The number of likely N-dealkylation sites (tertiary alicyclic amines) is 2. The highest BCUT2D eigenvalue weighted by Crippen LogP contribution is 2.24. The molecule has 4 nitrogen and oxygen atoms in total. The van der Waals surface area contributed by atoms with Crippen molar-refractivity contribution in [1.82, 2.24) is 9.80 Å². The van der Waals surface area contributed by atoms with Crippen molar-refractivity contribution in [3.63, 3.8) is 0 Å². The Kier molecular flexibility index (Phi) is 8.14. The molecule has 2 fully saturated rings. The third-order valence-corrected chi connectivity index (χ3v) is 5.09. The van der Waals surface area contributed by atoms with E-state index in [1.54, 1.807) is 6.07 Å². The minimum absolute atomic E-state index is 0. The van der Waals surface area contributed by atoms with Crippen LogP contribution in [0.2, 0.25) is 0 Å². The van der Waals surface area contributed by atoms with Crippen molar-refractivity contribution in [1.29, 1.82) is 0 Å². The molecule has 23 heavy (non-hydrogen) atoms. The van der Waals surface area contributed by atoms with E-state index in [0.717, 1.165) is 24.0 Å². The Labute approximate surface area is 158 Å². The average molecular weight is 425 g/mol. The van der Waals surface area contributed by atoms with E-state index in [0.29, 0.717) is 17.3 Å². The fraction of sp³-hybridized carbons (Fsp3) is 0.562. The summed E-state index contributed by atoms with van der Waals surface area (Å²) in [6, 6.07) is 6.02. The molecule has 3 rings (SSSR count). The van der Waals surface area contributed by atoms with E-state index in [4.69, 9.17) is 5.73 Å². The molecule has 1 unspecified atom stereocenters. The molecule has 2 aliphatic heterocycles. The Morgan fingerprint density at radius 3 is 2.48 bits per heavy atom. The molecule has 0 saturated carbocycles. The van der Waals surface area contributed by atoms with E-state index < -0.39 is 0 Å². The van der Waals surface area contributed by atoms with Gasteiger partial charge in [-0.1, -0.05) is 22.4 Å². The van der Waals surface area contributed by atoms with Crippen molar-refractivity contribution >= 4 is 52.3 Å². The number of nitrogens with two attached hydrogens (primary N) is 1. The van der Waals surface area contributed by atoms with Crippen LogP contribution < -0.4 is 5.73 Å². The number of amides is 1. The molecule has 1 aromatic carbocycles. The lowest BCUT2D eigenvalue weighted by Gasteiger charge is -2.32. The Hall–Kier alpha value is -0.490. The number of anilines is 1. The van der Waals surface area contributed by atoms with E-state index >= 15 is 0 Å². The summed E-state index contributed by atoms with van der Waals surface area (Å²) < 4.78 is 0.907. The van der Waals surface area contributed by atoms with Gasteiger partial charge in [-0.15, -0.1) is 24.8 Å². The normalized spacial score (nSPS) is 21.4. The van der Waals surface area contributed by atoms with E-state index in [2.05, 4.69) is 20.8 Å². The Morgan fingerprint density at radius 1 is 1.13 bits per heavy atom. The number of carbonyl (C=O) groups is 1. The number of hydrogen-bond donors (Lipinski definition) is 1. The molecule has 1 amide bonds.